The van der Waals surface area contributed by atoms with Gasteiger partial charge in [-0.05, 0) is 57.7 Å². The number of hydrogen-bond donors (Lipinski definition) is 1. The van der Waals surface area contributed by atoms with Gasteiger partial charge in [-0.1, -0.05) is 30.5 Å². The van der Waals surface area contributed by atoms with Crippen LogP contribution in [0.15, 0.2) is 24.3 Å². The molecule has 3 heteroatoms. The fourth-order valence-corrected chi connectivity index (χ4v) is 3.78. The molecule has 1 N–H and O–H groups in total. The van der Waals surface area contributed by atoms with Gasteiger partial charge in [-0.15, -0.1) is 0 Å². The standard InChI is InChI=1S/C20H32N2O/c1-17-7-9-19(10-8-17)22-14-11-18(12-15-22)21-13-4-16-23-20-5-2-3-6-20/h7-10,18,20-21H,2-6,11-16H2,1H3. The van der Waals surface area contributed by atoms with Gasteiger partial charge in [-0.3, -0.25) is 0 Å². The second-order valence-corrected chi connectivity index (χ2v) is 7.18. The van der Waals surface area contributed by atoms with Crippen molar-refractivity contribution in [1.29, 1.82) is 0 Å². The molecule has 0 radical (unpaired) electrons. The average Bonchev–Trinajstić information content (AvgIpc) is 3.09. The predicted molar refractivity (Wildman–Crippen MR) is 97.2 cm³/mol. The Morgan fingerprint density at radius 3 is 2.43 bits per heavy atom. The van der Waals surface area contributed by atoms with Gasteiger partial charge >= 0.3 is 0 Å². The highest BCUT2D eigenvalue weighted by Crippen LogP contribution is 2.21. The minimum atomic E-state index is 0.563. The zero-order valence-electron chi connectivity index (χ0n) is 14.6. The molecule has 0 bridgehead atoms. The number of rotatable bonds is 7. The van der Waals surface area contributed by atoms with E-state index in [1.165, 1.54) is 62.9 Å². The molecule has 0 aromatic heterocycles. The highest BCUT2D eigenvalue weighted by molar-refractivity contribution is 5.47. The molecular weight excluding hydrogens is 284 g/mol. The van der Waals surface area contributed by atoms with Crippen molar-refractivity contribution in [2.75, 3.05) is 31.1 Å². The number of anilines is 1. The summed E-state index contributed by atoms with van der Waals surface area (Å²) in [5.41, 5.74) is 2.71. The summed E-state index contributed by atoms with van der Waals surface area (Å²) in [6.07, 6.45) is 9.50. The van der Waals surface area contributed by atoms with Crippen LogP contribution in [-0.4, -0.2) is 38.4 Å². The molecular formula is C20H32N2O. The van der Waals surface area contributed by atoms with Gasteiger partial charge in [-0.2, -0.15) is 0 Å². The Morgan fingerprint density at radius 1 is 1.04 bits per heavy atom. The molecule has 2 aliphatic rings. The van der Waals surface area contributed by atoms with E-state index in [1.54, 1.807) is 0 Å². The summed E-state index contributed by atoms with van der Waals surface area (Å²) in [6, 6.07) is 9.61. The summed E-state index contributed by atoms with van der Waals surface area (Å²) < 4.78 is 5.93. The molecule has 1 aromatic rings. The van der Waals surface area contributed by atoms with Gasteiger partial charge < -0.3 is 15.0 Å². The molecule has 1 aromatic carbocycles. The zero-order chi connectivity index (χ0) is 15.9. The Kier molecular flexibility index (Phi) is 6.35. The number of piperidine rings is 1. The maximum Gasteiger partial charge on any atom is 0.0575 e. The lowest BCUT2D eigenvalue weighted by molar-refractivity contribution is 0.0565. The molecule has 3 rings (SSSR count). The lowest BCUT2D eigenvalue weighted by Gasteiger charge is -2.34. The van der Waals surface area contributed by atoms with Crippen LogP contribution in [0.2, 0.25) is 0 Å². The van der Waals surface area contributed by atoms with Gasteiger partial charge in [0.2, 0.25) is 0 Å². The third-order valence-electron chi connectivity index (χ3n) is 5.30. The first-order chi connectivity index (χ1) is 11.3. The van der Waals surface area contributed by atoms with Crippen molar-refractivity contribution < 1.29 is 4.74 Å². The Labute approximate surface area is 141 Å². The quantitative estimate of drug-likeness (QED) is 0.772. The number of nitrogens with one attached hydrogen (secondary N) is 1. The van der Waals surface area contributed by atoms with Gasteiger partial charge in [-0.25, -0.2) is 0 Å². The van der Waals surface area contributed by atoms with Crippen LogP contribution in [0.3, 0.4) is 0 Å². The largest absolute Gasteiger partial charge is 0.378 e. The number of hydrogen-bond acceptors (Lipinski definition) is 3. The molecule has 0 amide bonds. The number of aryl methyl sites for hydroxylation is 1. The van der Waals surface area contributed by atoms with Crippen molar-refractivity contribution in [2.24, 2.45) is 0 Å². The monoisotopic (exact) mass is 316 g/mol. The molecule has 1 heterocycles. The van der Waals surface area contributed by atoms with E-state index in [4.69, 9.17) is 4.74 Å². The van der Waals surface area contributed by atoms with Crippen molar-refractivity contribution in [3.63, 3.8) is 0 Å². The summed E-state index contributed by atoms with van der Waals surface area (Å²) in [4.78, 5) is 2.51. The molecule has 0 spiro atoms. The van der Waals surface area contributed by atoms with Crippen LogP contribution >= 0.6 is 0 Å². The fourth-order valence-electron chi connectivity index (χ4n) is 3.78. The van der Waals surface area contributed by atoms with E-state index in [1.807, 2.05) is 0 Å². The molecule has 1 aliphatic heterocycles. The first kappa shape index (κ1) is 16.8. The van der Waals surface area contributed by atoms with E-state index >= 15 is 0 Å². The summed E-state index contributed by atoms with van der Waals surface area (Å²) in [6.45, 7) is 6.51. The van der Waals surface area contributed by atoms with E-state index < -0.39 is 0 Å². The van der Waals surface area contributed by atoms with Crippen molar-refractivity contribution in [1.82, 2.24) is 5.32 Å². The molecule has 1 saturated heterocycles. The molecule has 1 saturated carbocycles. The maximum absolute atomic E-state index is 5.93. The van der Waals surface area contributed by atoms with Crippen molar-refractivity contribution in [3.05, 3.63) is 29.8 Å². The first-order valence-electron chi connectivity index (χ1n) is 9.48. The first-order valence-corrected chi connectivity index (χ1v) is 9.48. The molecule has 0 atom stereocenters. The second kappa shape index (κ2) is 8.70. The maximum atomic E-state index is 5.93. The van der Waals surface area contributed by atoms with Crippen LogP contribution in [-0.2, 0) is 4.74 Å². The Balaban J connectivity index is 1.28. The topological polar surface area (TPSA) is 24.5 Å². The predicted octanol–water partition coefficient (Wildman–Crippen LogP) is 3.90. The Bertz CT molecular complexity index is 445. The van der Waals surface area contributed by atoms with E-state index in [-0.39, 0.29) is 0 Å². The van der Waals surface area contributed by atoms with Crippen LogP contribution in [0.25, 0.3) is 0 Å². The Hall–Kier alpha value is -1.06. The lowest BCUT2D eigenvalue weighted by atomic mass is 10.0. The SMILES string of the molecule is Cc1ccc(N2CCC(NCCCOC3CCCC3)CC2)cc1. The highest BCUT2D eigenvalue weighted by Gasteiger charge is 2.19. The van der Waals surface area contributed by atoms with Crippen LogP contribution in [0, 0.1) is 6.92 Å². The van der Waals surface area contributed by atoms with Crippen LogP contribution in [0.1, 0.15) is 50.5 Å². The van der Waals surface area contributed by atoms with Crippen LogP contribution < -0.4 is 10.2 Å². The van der Waals surface area contributed by atoms with Crippen molar-refractivity contribution in [2.45, 2.75) is 64.0 Å². The number of ether oxygens (including phenoxy) is 1. The molecule has 1 aliphatic carbocycles. The van der Waals surface area contributed by atoms with E-state index in [0.29, 0.717) is 12.1 Å². The molecule has 23 heavy (non-hydrogen) atoms. The third kappa shape index (κ3) is 5.22. The third-order valence-corrected chi connectivity index (χ3v) is 5.30. The van der Waals surface area contributed by atoms with Gasteiger partial charge in [0.25, 0.3) is 0 Å². The second-order valence-electron chi connectivity index (χ2n) is 7.18. The minimum Gasteiger partial charge on any atom is -0.378 e. The zero-order valence-corrected chi connectivity index (χ0v) is 14.6. The van der Waals surface area contributed by atoms with Gasteiger partial charge in [0.1, 0.15) is 0 Å². The van der Waals surface area contributed by atoms with E-state index in [2.05, 4.69) is 41.4 Å². The summed E-state index contributed by atoms with van der Waals surface area (Å²) >= 11 is 0. The van der Waals surface area contributed by atoms with Crippen molar-refractivity contribution >= 4 is 5.69 Å². The van der Waals surface area contributed by atoms with E-state index in [9.17, 15) is 0 Å². The summed E-state index contributed by atoms with van der Waals surface area (Å²) in [5, 5.41) is 3.72. The highest BCUT2D eigenvalue weighted by atomic mass is 16.5. The Morgan fingerprint density at radius 2 is 1.74 bits per heavy atom. The summed E-state index contributed by atoms with van der Waals surface area (Å²) in [5.74, 6) is 0. The van der Waals surface area contributed by atoms with Crippen LogP contribution in [0.5, 0.6) is 0 Å². The normalized spacial score (nSPS) is 20.3. The molecule has 2 fully saturated rings. The molecule has 3 nitrogen and oxygen atoms in total. The van der Waals surface area contributed by atoms with Gasteiger partial charge in [0.15, 0.2) is 0 Å². The molecule has 0 unspecified atom stereocenters. The molecule has 128 valence electrons. The van der Waals surface area contributed by atoms with E-state index in [0.717, 1.165) is 19.6 Å². The number of nitrogens with zero attached hydrogens (tertiary/aromatic N) is 1. The van der Waals surface area contributed by atoms with Crippen molar-refractivity contribution in [3.8, 4) is 0 Å². The smallest absolute Gasteiger partial charge is 0.0575 e. The average molecular weight is 316 g/mol. The van der Waals surface area contributed by atoms with Gasteiger partial charge in [0.05, 0.1) is 6.10 Å². The lowest BCUT2D eigenvalue weighted by Crippen LogP contribution is -2.43. The summed E-state index contributed by atoms with van der Waals surface area (Å²) in [7, 11) is 0. The number of benzene rings is 1. The van der Waals surface area contributed by atoms with Crippen LogP contribution in [0.4, 0.5) is 5.69 Å². The van der Waals surface area contributed by atoms with Gasteiger partial charge in [0, 0.05) is 31.4 Å². The fraction of sp³-hybridized carbons (Fsp3) is 0.700. The minimum absolute atomic E-state index is 0.563.